The summed E-state index contributed by atoms with van der Waals surface area (Å²) >= 11 is 3.56. The van der Waals surface area contributed by atoms with E-state index in [2.05, 4.69) is 143 Å². The second-order valence-electron chi connectivity index (χ2n) is 9.10. The minimum absolute atomic E-state index is 1.09. The Bertz CT molecular complexity index is 1810. The summed E-state index contributed by atoms with van der Waals surface area (Å²) in [4.78, 5) is 0. The molecule has 7 aromatic carbocycles. The van der Waals surface area contributed by atoms with E-state index in [1.165, 1.54) is 65.7 Å². The van der Waals surface area contributed by atoms with E-state index >= 15 is 0 Å². The third kappa shape index (κ3) is 3.35. The lowest BCUT2D eigenvalue weighted by atomic mass is 9.86. The molecule has 1 heteroatoms. The molecule has 0 nitrogen and oxygen atoms in total. The van der Waals surface area contributed by atoms with Crippen LogP contribution in [0.25, 0.3) is 65.7 Å². The Morgan fingerprint density at radius 3 is 1.77 bits per heavy atom. The standard InChI is InChI=1S/C34H21Br/c35-28-16-11-22(12-17-28)27-15-19-30(32(21-27)23-5-2-1-3-6-23)29-18-13-26-10-9-24-7-4-8-25-14-20-31(29)34(26)33(24)25/h1-21H. The van der Waals surface area contributed by atoms with Crippen molar-refractivity contribution in [1.29, 1.82) is 0 Å². The van der Waals surface area contributed by atoms with E-state index in [4.69, 9.17) is 0 Å². The molecule has 0 aliphatic rings. The van der Waals surface area contributed by atoms with Crippen LogP contribution in [0.5, 0.6) is 0 Å². The summed E-state index contributed by atoms with van der Waals surface area (Å²) < 4.78 is 1.09. The molecule has 0 aromatic heterocycles. The summed E-state index contributed by atoms with van der Waals surface area (Å²) in [5.74, 6) is 0. The van der Waals surface area contributed by atoms with Crippen molar-refractivity contribution in [3.8, 4) is 33.4 Å². The number of rotatable bonds is 3. The summed E-state index contributed by atoms with van der Waals surface area (Å²) in [5, 5.41) is 7.91. The summed E-state index contributed by atoms with van der Waals surface area (Å²) in [6, 6.07) is 46.4. The molecular formula is C34H21Br. The molecule has 7 rings (SSSR count). The first-order valence-electron chi connectivity index (χ1n) is 11.9. The van der Waals surface area contributed by atoms with Crippen molar-refractivity contribution in [3.05, 3.63) is 132 Å². The van der Waals surface area contributed by atoms with Gasteiger partial charge in [-0.25, -0.2) is 0 Å². The number of hydrogen-bond acceptors (Lipinski definition) is 0. The zero-order chi connectivity index (χ0) is 23.4. The fraction of sp³-hybridized carbons (Fsp3) is 0. The molecular weight excluding hydrogens is 488 g/mol. The van der Waals surface area contributed by atoms with Gasteiger partial charge in [-0.05, 0) is 83.9 Å². The first-order valence-corrected chi connectivity index (χ1v) is 12.7. The Morgan fingerprint density at radius 1 is 0.371 bits per heavy atom. The van der Waals surface area contributed by atoms with Crippen LogP contribution in [0.1, 0.15) is 0 Å². The van der Waals surface area contributed by atoms with Crippen LogP contribution in [-0.2, 0) is 0 Å². The average Bonchev–Trinajstić information content (AvgIpc) is 2.92. The molecule has 0 radical (unpaired) electrons. The van der Waals surface area contributed by atoms with Gasteiger partial charge in [0.2, 0.25) is 0 Å². The average molecular weight is 509 g/mol. The van der Waals surface area contributed by atoms with Gasteiger partial charge >= 0.3 is 0 Å². The van der Waals surface area contributed by atoms with Crippen LogP contribution in [0, 0.1) is 0 Å². The van der Waals surface area contributed by atoms with E-state index in [9.17, 15) is 0 Å². The maximum absolute atomic E-state index is 3.56. The number of halogens is 1. The number of hydrogen-bond donors (Lipinski definition) is 0. The molecule has 0 unspecified atom stereocenters. The molecule has 0 N–H and O–H groups in total. The SMILES string of the molecule is Brc1ccc(-c2ccc(-c3ccc4ccc5cccc6ccc3c4c56)c(-c3ccccc3)c2)cc1. The normalized spacial score (nSPS) is 11.6. The van der Waals surface area contributed by atoms with Crippen LogP contribution in [0.15, 0.2) is 132 Å². The predicted molar refractivity (Wildman–Crippen MR) is 154 cm³/mol. The van der Waals surface area contributed by atoms with Gasteiger partial charge in [0.1, 0.15) is 0 Å². The van der Waals surface area contributed by atoms with Crippen LogP contribution in [0.3, 0.4) is 0 Å². The van der Waals surface area contributed by atoms with Gasteiger partial charge in [0.05, 0.1) is 0 Å². The van der Waals surface area contributed by atoms with Gasteiger partial charge in [0.15, 0.2) is 0 Å². The van der Waals surface area contributed by atoms with E-state index in [1.54, 1.807) is 0 Å². The van der Waals surface area contributed by atoms with Gasteiger partial charge in [0, 0.05) is 4.47 Å². The first kappa shape index (κ1) is 20.4. The maximum atomic E-state index is 3.56. The predicted octanol–water partition coefficient (Wildman–Crippen LogP) is 10.3. The Labute approximate surface area is 212 Å². The maximum Gasteiger partial charge on any atom is 0.0175 e. The van der Waals surface area contributed by atoms with Crippen LogP contribution >= 0.6 is 15.9 Å². The van der Waals surface area contributed by atoms with Crippen molar-refractivity contribution >= 4 is 48.2 Å². The third-order valence-electron chi connectivity index (χ3n) is 7.10. The lowest BCUT2D eigenvalue weighted by Crippen LogP contribution is -1.91. The second-order valence-corrected chi connectivity index (χ2v) is 10.0. The van der Waals surface area contributed by atoms with Crippen LogP contribution < -0.4 is 0 Å². The molecule has 0 atom stereocenters. The van der Waals surface area contributed by atoms with Crippen molar-refractivity contribution in [1.82, 2.24) is 0 Å². The number of benzene rings is 7. The molecule has 7 aromatic rings. The van der Waals surface area contributed by atoms with E-state index < -0.39 is 0 Å². The van der Waals surface area contributed by atoms with E-state index in [1.807, 2.05) is 0 Å². The highest BCUT2D eigenvalue weighted by molar-refractivity contribution is 9.10. The van der Waals surface area contributed by atoms with E-state index in [-0.39, 0.29) is 0 Å². The molecule has 0 aliphatic carbocycles. The Kier molecular flexibility index (Phi) is 4.72. The highest BCUT2D eigenvalue weighted by Gasteiger charge is 2.15. The van der Waals surface area contributed by atoms with Gasteiger partial charge in [-0.2, -0.15) is 0 Å². The minimum Gasteiger partial charge on any atom is -0.0622 e. The molecule has 0 saturated heterocycles. The van der Waals surface area contributed by atoms with Gasteiger partial charge in [0.25, 0.3) is 0 Å². The van der Waals surface area contributed by atoms with Crippen molar-refractivity contribution < 1.29 is 0 Å². The summed E-state index contributed by atoms with van der Waals surface area (Å²) in [6.07, 6.45) is 0. The van der Waals surface area contributed by atoms with E-state index in [0.29, 0.717) is 0 Å². The minimum atomic E-state index is 1.09. The topological polar surface area (TPSA) is 0 Å². The zero-order valence-corrected chi connectivity index (χ0v) is 20.6. The van der Waals surface area contributed by atoms with Crippen LogP contribution in [0.2, 0.25) is 0 Å². The molecule has 35 heavy (non-hydrogen) atoms. The fourth-order valence-electron chi connectivity index (χ4n) is 5.43. The van der Waals surface area contributed by atoms with Crippen molar-refractivity contribution in [2.75, 3.05) is 0 Å². The lowest BCUT2D eigenvalue weighted by molar-refractivity contribution is 1.57. The van der Waals surface area contributed by atoms with Gasteiger partial charge in [-0.15, -0.1) is 0 Å². The Balaban J connectivity index is 1.53. The third-order valence-corrected chi connectivity index (χ3v) is 7.63. The Hall–Kier alpha value is -3.94. The van der Waals surface area contributed by atoms with Crippen LogP contribution in [-0.4, -0.2) is 0 Å². The fourth-order valence-corrected chi connectivity index (χ4v) is 5.69. The molecule has 164 valence electrons. The lowest BCUT2D eigenvalue weighted by Gasteiger charge is -2.17. The van der Waals surface area contributed by atoms with Gasteiger partial charge in [-0.1, -0.05) is 125 Å². The molecule has 0 aliphatic heterocycles. The highest BCUT2D eigenvalue weighted by Crippen LogP contribution is 2.43. The van der Waals surface area contributed by atoms with Crippen molar-refractivity contribution in [3.63, 3.8) is 0 Å². The largest absolute Gasteiger partial charge is 0.0622 e. The van der Waals surface area contributed by atoms with Crippen LogP contribution in [0.4, 0.5) is 0 Å². The summed E-state index contributed by atoms with van der Waals surface area (Å²) in [7, 11) is 0. The highest BCUT2D eigenvalue weighted by atomic mass is 79.9. The zero-order valence-electron chi connectivity index (χ0n) is 19.0. The molecule has 0 bridgehead atoms. The molecule has 0 fully saturated rings. The summed E-state index contributed by atoms with van der Waals surface area (Å²) in [5.41, 5.74) is 7.45. The molecule has 0 spiro atoms. The van der Waals surface area contributed by atoms with E-state index in [0.717, 1.165) is 4.47 Å². The smallest absolute Gasteiger partial charge is 0.0175 e. The van der Waals surface area contributed by atoms with Crippen molar-refractivity contribution in [2.24, 2.45) is 0 Å². The molecule has 0 amide bonds. The quantitative estimate of drug-likeness (QED) is 0.208. The monoisotopic (exact) mass is 508 g/mol. The van der Waals surface area contributed by atoms with Crippen molar-refractivity contribution in [2.45, 2.75) is 0 Å². The molecule has 0 heterocycles. The second kappa shape index (κ2) is 8.08. The Morgan fingerprint density at radius 2 is 1.00 bits per heavy atom. The molecule has 0 saturated carbocycles. The summed E-state index contributed by atoms with van der Waals surface area (Å²) in [6.45, 7) is 0. The van der Waals surface area contributed by atoms with Gasteiger partial charge in [-0.3, -0.25) is 0 Å². The first-order chi connectivity index (χ1) is 17.3. The van der Waals surface area contributed by atoms with Gasteiger partial charge < -0.3 is 0 Å².